The molecule has 2 atom stereocenters. The Balaban J connectivity index is 2.38. The van der Waals surface area contributed by atoms with Crippen molar-refractivity contribution in [3.05, 3.63) is 35.9 Å². The van der Waals surface area contributed by atoms with Crippen LogP contribution in [0.25, 0.3) is 0 Å². The molecule has 0 heterocycles. The number of halogens is 2. The van der Waals surface area contributed by atoms with E-state index < -0.39 is 29.8 Å². The summed E-state index contributed by atoms with van der Waals surface area (Å²) in [6.45, 7) is 0. The van der Waals surface area contributed by atoms with Crippen LogP contribution in [0.15, 0.2) is 30.3 Å². The predicted molar refractivity (Wildman–Crippen MR) is 62.3 cm³/mol. The molecule has 0 unspecified atom stereocenters. The Kier molecular flexibility index (Phi) is 3.58. The number of benzene rings is 1. The molecule has 0 saturated heterocycles. The second kappa shape index (κ2) is 4.89. The second-order valence-electron chi connectivity index (χ2n) is 5.07. The van der Waals surface area contributed by atoms with Crippen LogP contribution < -0.4 is 5.11 Å². The van der Waals surface area contributed by atoms with E-state index in [2.05, 4.69) is 0 Å². The zero-order valence-electron chi connectivity index (χ0n) is 10.3. The van der Waals surface area contributed by atoms with Gasteiger partial charge in [0.1, 0.15) is 5.60 Å². The zero-order valence-corrected chi connectivity index (χ0v) is 10.3. The molecule has 5 heteroatoms. The molecule has 1 N–H and O–H groups in total. The van der Waals surface area contributed by atoms with Gasteiger partial charge in [-0.15, -0.1) is 0 Å². The first-order chi connectivity index (χ1) is 8.86. The Morgan fingerprint density at radius 1 is 1.37 bits per heavy atom. The summed E-state index contributed by atoms with van der Waals surface area (Å²) in [6.07, 6.45) is -0.456. The lowest BCUT2D eigenvalue weighted by Gasteiger charge is -2.41. The van der Waals surface area contributed by atoms with Crippen molar-refractivity contribution in [2.45, 2.75) is 37.2 Å². The fourth-order valence-corrected chi connectivity index (χ4v) is 2.74. The molecule has 1 saturated carbocycles. The number of aliphatic hydroxyl groups is 1. The minimum absolute atomic E-state index is 0.0951. The van der Waals surface area contributed by atoms with Gasteiger partial charge in [-0.2, -0.15) is 0 Å². The van der Waals surface area contributed by atoms with Gasteiger partial charge in [0, 0.05) is 18.8 Å². The van der Waals surface area contributed by atoms with E-state index in [0.29, 0.717) is 0 Å². The van der Waals surface area contributed by atoms with Crippen molar-refractivity contribution in [3.63, 3.8) is 0 Å². The average Bonchev–Trinajstić information content (AvgIpc) is 2.37. The van der Waals surface area contributed by atoms with E-state index in [0.717, 1.165) is 0 Å². The number of hydrogen-bond acceptors (Lipinski definition) is 3. The van der Waals surface area contributed by atoms with E-state index in [1.54, 1.807) is 18.2 Å². The molecule has 19 heavy (non-hydrogen) atoms. The van der Waals surface area contributed by atoms with E-state index in [1.165, 1.54) is 12.1 Å². The SMILES string of the molecule is O=C([O-])[C@](O)(c1ccccc1)[C@@H]1CCCC(F)(F)C1. The first kappa shape index (κ1) is 13.9. The van der Waals surface area contributed by atoms with Gasteiger partial charge in [0.2, 0.25) is 5.92 Å². The highest BCUT2D eigenvalue weighted by atomic mass is 19.3. The lowest BCUT2D eigenvalue weighted by Crippen LogP contribution is -2.53. The van der Waals surface area contributed by atoms with Gasteiger partial charge >= 0.3 is 0 Å². The minimum atomic E-state index is -2.93. The Bertz CT molecular complexity index is 461. The Hall–Kier alpha value is -1.49. The van der Waals surface area contributed by atoms with Crippen LogP contribution >= 0.6 is 0 Å². The molecule has 1 fully saturated rings. The molecule has 2 rings (SSSR count). The van der Waals surface area contributed by atoms with Gasteiger partial charge in [0.05, 0.1) is 5.97 Å². The molecule has 1 aliphatic rings. The zero-order chi connectivity index (χ0) is 14.1. The quantitative estimate of drug-likeness (QED) is 0.903. The number of carboxylic acids is 1. The molecule has 0 bridgehead atoms. The van der Waals surface area contributed by atoms with Crippen LogP contribution in [-0.2, 0) is 10.4 Å². The number of carbonyl (C=O) groups is 1. The summed E-state index contributed by atoms with van der Waals surface area (Å²) in [5.74, 6) is -5.69. The van der Waals surface area contributed by atoms with Crippen LogP contribution in [0.2, 0.25) is 0 Å². The maximum atomic E-state index is 13.4. The summed E-state index contributed by atoms with van der Waals surface area (Å²) >= 11 is 0. The topological polar surface area (TPSA) is 60.4 Å². The molecule has 0 aliphatic heterocycles. The summed E-state index contributed by atoms with van der Waals surface area (Å²) in [5.41, 5.74) is -2.26. The summed E-state index contributed by atoms with van der Waals surface area (Å²) in [5, 5.41) is 21.7. The first-order valence-electron chi connectivity index (χ1n) is 6.23. The number of hydrogen-bond donors (Lipinski definition) is 1. The van der Waals surface area contributed by atoms with Gasteiger partial charge < -0.3 is 15.0 Å². The number of carbonyl (C=O) groups excluding carboxylic acids is 1. The van der Waals surface area contributed by atoms with E-state index in [9.17, 15) is 23.8 Å². The normalized spacial score (nSPS) is 25.5. The van der Waals surface area contributed by atoms with Crippen LogP contribution in [0.5, 0.6) is 0 Å². The molecule has 3 nitrogen and oxygen atoms in total. The maximum Gasteiger partial charge on any atom is 0.248 e. The fraction of sp³-hybridized carbons (Fsp3) is 0.500. The fourth-order valence-electron chi connectivity index (χ4n) is 2.74. The van der Waals surface area contributed by atoms with Crippen molar-refractivity contribution < 1.29 is 23.8 Å². The molecule has 1 aliphatic carbocycles. The van der Waals surface area contributed by atoms with Gasteiger partial charge in [0.25, 0.3) is 0 Å². The average molecular weight is 269 g/mol. The second-order valence-corrected chi connectivity index (χ2v) is 5.07. The number of rotatable bonds is 3. The van der Waals surface area contributed by atoms with Crippen LogP contribution in [0.3, 0.4) is 0 Å². The van der Waals surface area contributed by atoms with Gasteiger partial charge in [-0.25, -0.2) is 8.78 Å². The standard InChI is InChI=1S/C14H16F2O3/c15-13(16)8-4-7-11(9-13)14(19,12(17)18)10-5-2-1-3-6-10/h1-3,5-6,11,19H,4,7-9H2,(H,17,18)/p-1/t11-,14+/m1/s1. The molecule has 0 amide bonds. The molecular weight excluding hydrogens is 254 g/mol. The number of carboxylic acid groups (broad SMARTS) is 1. The van der Waals surface area contributed by atoms with Crippen molar-refractivity contribution in [2.75, 3.05) is 0 Å². The lowest BCUT2D eigenvalue weighted by molar-refractivity contribution is -0.332. The largest absolute Gasteiger partial charge is 0.547 e. The predicted octanol–water partition coefficient (Wildman–Crippen LogP) is 1.45. The molecule has 0 spiro atoms. The Labute approximate surface area is 109 Å². The third-order valence-corrected chi connectivity index (χ3v) is 3.76. The van der Waals surface area contributed by atoms with Crippen molar-refractivity contribution in [2.24, 2.45) is 5.92 Å². The maximum absolute atomic E-state index is 13.4. The highest BCUT2D eigenvalue weighted by molar-refractivity contribution is 5.77. The van der Waals surface area contributed by atoms with Crippen molar-refractivity contribution in [1.82, 2.24) is 0 Å². The van der Waals surface area contributed by atoms with E-state index >= 15 is 0 Å². The van der Waals surface area contributed by atoms with Crippen LogP contribution in [0.1, 0.15) is 31.2 Å². The van der Waals surface area contributed by atoms with E-state index in [-0.39, 0.29) is 24.8 Å². The van der Waals surface area contributed by atoms with Gasteiger partial charge in [-0.3, -0.25) is 0 Å². The summed E-state index contributed by atoms with van der Waals surface area (Å²) in [6, 6.07) is 7.62. The third-order valence-electron chi connectivity index (χ3n) is 3.76. The molecular formula is C14H15F2O3-. The summed E-state index contributed by atoms with van der Waals surface area (Å²) < 4.78 is 26.9. The van der Waals surface area contributed by atoms with Crippen molar-refractivity contribution >= 4 is 5.97 Å². The molecule has 104 valence electrons. The smallest absolute Gasteiger partial charge is 0.248 e. The molecule has 1 aromatic rings. The summed E-state index contributed by atoms with van der Waals surface area (Å²) in [7, 11) is 0. The molecule has 1 aromatic carbocycles. The highest BCUT2D eigenvalue weighted by Gasteiger charge is 2.47. The van der Waals surface area contributed by atoms with Gasteiger partial charge in [-0.05, 0) is 18.4 Å². The Morgan fingerprint density at radius 3 is 2.53 bits per heavy atom. The van der Waals surface area contributed by atoms with Gasteiger partial charge in [0.15, 0.2) is 0 Å². The Morgan fingerprint density at radius 2 is 2.00 bits per heavy atom. The van der Waals surface area contributed by atoms with Crippen molar-refractivity contribution in [3.8, 4) is 0 Å². The third kappa shape index (κ3) is 2.61. The first-order valence-corrected chi connectivity index (χ1v) is 6.23. The minimum Gasteiger partial charge on any atom is -0.547 e. The molecule has 0 aromatic heterocycles. The monoisotopic (exact) mass is 269 g/mol. The molecule has 0 radical (unpaired) electrons. The lowest BCUT2D eigenvalue weighted by atomic mass is 9.72. The number of aliphatic carboxylic acids is 1. The van der Waals surface area contributed by atoms with Crippen molar-refractivity contribution in [1.29, 1.82) is 0 Å². The number of alkyl halides is 2. The van der Waals surface area contributed by atoms with Gasteiger partial charge in [-0.1, -0.05) is 30.3 Å². The summed E-state index contributed by atoms with van der Waals surface area (Å²) in [4.78, 5) is 11.3. The van der Waals surface area contributed by atoms with Crippen LogP contribution in [0.4, 0.5) is 8.78 Å². The van der Waals surface area contributed by atoms with E-state index in [1.807, 2.05) is 0 Å². The highest BCUT2D eigenvalue weighted by Crippen LogP contribution is 2.44. The van der Waals surface area contributed by atoms with Crippen LogP contribution in [-0.4, -0.2) is 17.0 Å². The van der Waals surface area contributed by atoms with E-state index in [4.69, 9.17) is 0 Å². The van der Waals surface area contributed by atoms with Crippen LogP contribution in [0, 0.1) is 5.92 Å².